The van der Waals surface area contributed by atoms with Crippen LogP contribution in [0.1, 0.15) is 6.92 Å². The Hall–Kier alpha value is -1.63. The van der Waals surface area contributed by atoms with Crippen molar-refractivity contribution in [1.82, 2.24) is 19.9 Å². The second kappa shape index (κ2) is 4.48. The molecule has 2 aromatic heterocycles. The van der Waals surface area contributed by atoms with Gasteiger partial charge in [0.25, 0.3) is 5.95 Å². The third-order valence-corrected chi connectivity index (χ3v) is 2.36. The van der Waals surface area contributed by atoms with Crippen LogP contribution in [0.4, 0.5) is 10.7 Å². The van der Waals surface area contributed by atoms with Gasteiger partial charge in [-0.25, -0.2) is 9.31 Å². The van der Waals surface area contributed by atoms with Crippen LogP contribution in [0, 0.1) is 0 Å². The second-order valence-corrected chi connectivity index (χ2v) is 3.98. The third kappa shape index (κ3) is 2.30. The minimum atomic E-state index is -0.308. The molecular formula is C9H10BrN5O. The van der Waals surface area contributed by atoms with E-state index in [0.717, 1.165) is 4.47 Å². The number of carbonyl (C=O) groups excluding carboxylic acids is 1. The van der Waals surface area contributed by atoms with Gasteiger partial charge in [-0.1, -0.05) is 15.9 Å². The highest BCUT2D eigenvalue weighted by Crippen LogP contribution is 2.12. The summed E-state index contributed by atoms with van der Waals surface area (Å²) in [6.45, 7) is 2.40. The smallest absolute Gasteiger partial charge is 0.321 e. The van der Waals surface area contributed by atoms with Gasteiger partial charge in [0.05, 0.1) is 0 Å². The van der Waals surface area contributed by atoms with Gasteiger partial charge in [-0.05, 0) is 19.1 Å². The lowest BCUT2D eigenvalue weighted by Crippen LogP contribution is -2.28. The molecule has 0 aliphatic heterocycles. The fourth-order valence-electron chi connectivity index (χ4n) is 1.22. The maximum atomic E-state index is 11.2. The average molecular weight is 284 g/mol. The Kier molecular flexibility index (Phi) is 3.04. The maximum Gasteiger partial charge on any atom is 0.321 e. The van der Waals surface area contributed by atoms with Gasteiger partial charge in [-0.3, -0.25) is 5.32 Å². The molecule has 0 bridgehead atoms. The summed E-state index contributed by atoms with van der Waals surface area (Å²) in [5.41, 5.74) is 0.668. The van der Waals surface area contributed by atoms with Gasteiger partial charge in [-0.15, -0.1) is 5.10 Å². The zero-order chi connectivity index (χ0) is 11.5. The molecule has 2 rings (SSSR count). The number of pyridine rings is 1. The van der Waals surface area contributed by atoms with Crippen molar-refractivity contribution in [3.63, 3.8) is 0 Å². The molecule has 0 spiro atoms. The molecule has 7 heteroatoms. The van der Waals surface area contributed by atoms with Crippen molar-refractivity contribution in [2.45, 2.75) is 6.92 Å². The van der Waals surface area contributed by atoms with Gasteiger partial charge in [0.1, 0.15) is 0 Å². The molecule has 0 atom stereocenters. The SMILES string of the molecule is CCNC(=O)Nc1nc2cc(Br)ccn2n1. The monoisotopic (exact) mass is 283 g/mol. The number of urea groups is 1. The zero-order valence-corrected chi connectivity index (χ0v) is 10.2. The Morgan fingerprint density at radius 1 is 1.62 bits per heavy atom. The van der Waals surface area contributed by atoms with Crippen molar-refractivity contribution < 1.29 is 4.79 Å². The maximum absolute atomic E-state index is 11.2. The minimum Gasteiger partial charge on any atom is -0.338 e. The van der Waals surface area contributed by atoms with E-state index in [-0.39, 0.29) is 12.0 Å². The highest BCUT2D eigenvalue weighted by molar-refractivity contribution is 9.10. The molecule has 6 nitrogen and oxygen atoms in total. The van der Waals surface area contributed by atoms with Crippen molar-refractivity contribution in [2.24, 2.45) is 0 Å². The predicted molar refractivity (Wildman–Crippen MR) is 63.4 cm³/mol. The van der Waals surface area contributed by atoms with E-state index in [2.05, 4.69) is 36.6 Å². The largest absolute Gasteiger partial charge is 0.338 e. The van der Waals surface area contributed by atoms with Gasteiger partial charge in [-0.2, -0.15) is 4.98 Å². The lowest BCUT2D eigenvalue weighted by molar-refractivity contribution is 0.252. The molecule has 2 amide bonds. The zero-order valence-electron chi connectivity index (χ0n) is 8.57. The van der Waals surface area contributed by atoms with E-state index >= 15 is 0 Å². The number of nitrogens with one attached hydrogen (secondary N) is 2. The number of nitrogens with zero attached hydrogens (tertiary/aromatic N) is 3. The first kappa shape index (κ1) is 10.9. The van der Waals surface area contributed by atoms with Crippen molar-refractivity contribution in [2.75, 3.05) is 11.9 Å². The summed E-state index contributed by atoms with van der Waals surface area (Å²) in [7, 11) is 0. The normalized spacial score (nSPS) is 10.4. The quantitative estimate of drug-likeness (QED) is 0.880. The summed E-state index contributed by atoms with van der Waals surface area (Å²) >= 11 is 3.34. The van der Waals surface area contributed by atoms with Crippen LogP contribution in [0.5, 0.6) is 0 Å². The highest BCUT2D eigenvalue weighted by atomic mass is 79.9. The van der Waals surface area contributed by atoms with Crippen molar-refractivity contribution in [3.8, 4) is 0 Å². The van der Waals surface area contributed by atoms with Gasteiger partial charge in [0.15, 0.2) is 5.65 Å². The number of hydrogen-bond acceptors (Lipinski definition) is 3. The first-order valence-corrected chi connectivity index (χ1v) is 5.55. The molecule has 0 radical (unpaired) electrons. The van der Waals surface area contributed by atoms with E-state index in [1.165, 1.54) is 0 Å². The summed E-state index contributed by atoms with van der Waals surface area (Å²) in [4.78, 5) is 15.4. The molecule has 16 heavy (non-hydrogen) atoms. The minimum absolute atomic E-state index is 0.282. The Labute approximate surface area is 100 Å². The molecule has 0 aromatic carbocycles. The summed E-state index contributed by atoms with van der Waals surface area (Å²) in [6, 6.07) is 3.35. The van der Waals surface area contributed by atoms with E-state index in [9.17, 15) is 4.79 Å². The Balaban J connectivity index is 2.23. The van der Waals surface area contributed by atoms with Gasteiger partial charge in [0, 0.05) is 17.2 Å². The summed E-state index contributed by atoms with van der Waals surface area (Å²) in [5.74, 6) is 0.282. The predicted octanol–water partition coefficient (Wildman–Crippen LogP) is 1.63. The number of fused-ring (bicyclic) bond motifs is 1. The number of rotatable bonds is 2. The van der Waals surface area contributed by atoms with E-state index in [0.29, 0.717) is 12.2 Å². The van der Waals surface area contributed by atoms with Crippen molar-refractivity contribution >= 4 is 33.6 Å². The lowest BCUT2D eigenvalue weighted by atomic mass is 10.5. The molecule has 2 N–H and O–H groups in total. The molecule has 0 aliphatic rings. The van der Waals surface area contributed by atoms with Crippen LogP contribution >= 0.6 is 15.9 Å². The number of hydrogen-bond donors (Lipinski definition) is 2. The van der Waals surface area contributed by atoms with E-state index in [1.54, 1.807) is 10.7 Å². The van der Waals surface area contributed by atoms with Gasteiger partial charge < -0.3 is 5.32 Å². The molecule has 0 aliphatic carbocycles. The van der Waals surface area contributed by atoms with Crippen molar-refractivity contribution in [3.05, 3.63) is 22.8 Å². The van der Waals surface area contributed by atoms with Crippen LogP contribution in [0.3, 0.4) is 0 Å². The highest BCUT2D eigenvalue weighted by Gasteiger charge is 2.06. The molecule has 0 saturated heterocycles. The van der Waals surface area contributed by atoms with Gasteiger partial charge in [0.2, 0.25) is 0 Å². The Morgan fingerprint density at radius 2 is 2.44 bits per heavy atom. The lowest BCUT2D eigenvalue weighted by Gasteiger charge is -1.99. The van der Waals surface area contributed by atoms with Gasteiger partial charge >= 0.3 is 6.03 Å². The standard InChI is InChI=1S/C9H10BrN5O/c1-2-11-9(16)13-8-12-7-5-6(10)3-4-15(7)14-8/h3-5H,2H2,1H3,(H2,11,13,14,16). The number of amides is 2. The number of carbonyl (C=O) groups is 1. The molecular weight excluding hydrogens is 274 g/mol. The molecule has 2 heterocycles. The fraction of sp³-hybridized carbons (Fsp3) is 0.222. The van der Waals surface area contributed by atoms with Crippen LogP contribution in [-0.4, -0.2) is 27.2 Å². The van der Waals surface area contributed by atoms with E-state index < -0.39 is 0 Å². The molecule has 0 fully saturated rings. The number of anilines is 1. The number of halogens is 1. The van der Waals surface area contributed by atoms with Crippen LogP contribution in [0.25, 0.3) is 5.65 Å². The number of aromatic nitrogens is 3. The molecule has 84 valence electrons. The van der Waals surface area contributed by atoms with Crippen LogP contribution in [-0.2, 0) is 0 Å². The van der Waals surface area contributed by atoms with E-state index in [4.69, 9.17) is 0 Å². The van der Waals surface area contributed by atoms with E-state index in [1.807, 2.05) is 19.1 Å². The molecule has 2 aromatic rings. The molecule has 0 unspecified atom stereocenters. The summed E-state index contributed by atoms with van der Waals surface area (Å²) in [6.07, 6.45) is 1.76. The first-order chi connectivity index (χ1) is 7.69. The molecule has 0 saturated carbocycles. The first-order valence-electron chi connectivity index (χ1n) is 4.76. The van der Waals surface area contributed by atoms with Crippen LogP contribution < -0.4 is 10.6 Å². The Morgan fingerprint density at radius 3 is 3.19 bits per heavy atom. The fourth-order valence-corrected chi connectivity index (χ4v) is 1.54. The third-order valence-electron chi connectivity index (χ3n) is 1.86. The Bertz CT molecular complexity index is 524. The van der Waals surface area contributed by atoms with Crippen LogP contribution in [0.15, 0.2) is 22.8 Å². The van der Waals surface area contributed by atoms with Crippen molar-refractivity contribution in [1.29, 1.82) is 0 Å². The van der Waals surface area contributed by atoms with Crippen LogP contribution in [0.2, 0.25) is 0 Å². The second-order valence-electron chi connectivity index (χ2n) is 3.07. The topological polar surface area (TPSA) is 71.3 Å². The summed E-state index contributed by atoms with van der Waals surface area (Å²) in [5, 5.41) is 9.23. The summed E-state index contributed by atoms with van der Waals surface area (Å²) < 4.78 is 2.50. The average Bonchev–Trinajstić information content (AvgIpc) is 2.59.